The highest BCUT2D eigenvalue weighted by Gasteiger charge is 2.03. The molecule has 4 heteroatoms. The Balaban J connectivity index is 2.87. The average Bonchev–Trinajstić information content (AvgIpc) is 2.20. The lowest BCUT2D eigenvalue weighted by Gasteiger charge is -2.20. The highest BCUT2D eigenvalue weighted by molar-refractivity contribution is 7.79. The topological polar surface area (TPSA) is 40.5 Å². The van der Waals surface area contributed by atoms with Crippen LogP contribution in [0, 0.1) is 0 Å². The highest BCUT2D eigenvalue weighted by atomic mass is 32.2. The molecular formula is C10H15NO2S. The molecule has 1 atom stereocenters. The quantitative estimate of drug-likeness (QED) is 0.779. The molecule has 0 bridgehead atoms. The molecule has 0 fully saturated rings. The van der Waals surface area contributed by atoms with Gasteiger partial charge in [0.05, 0.1) is 4.90 Å². The van der Waals surface area contributed by atoms with Gasteiger partial charge in [-0.1, -0.05) is 0 Å². The van der Waals surface area contributed by atoms with E-state index in [2.05, 4.69) is 18.7 Å². The van der Waals surface area contributed by atoms with Crippen LogP contribution in [0.4, 0.5) is 5.69 Å². The van der Waals surface area contributed by atoms with Crippen molar-refractivity contribution in [2.24, 2.45) is 0 Å². The zero-order valence-electron chi connectivity index (χ0n) is 8.43. The molecule has 0 spiro atoms. The van der Waals surface area contributed by atoms with E-state index >= 15 is 0 Å². The Labute approximate surface area is 87.0 Å². The number of benzene rings is 1. The smallest absolute Gasteiger partial charge is 0.186 e. The number of rotatable bonds is 4. The predicted molar refractivity (Wildman–Crippen MR) is 59.0 cm³/mol. The Bertz CT molecular complexity index is 306. The SMILES string of the molecule is CCN(CC)c1ccc(S(=O)O)cc1. The highest BCUT2D eigenvalue weighted by Crippen LogP contribution is 2.16. The summed E-state index contributed by atoms with van der Waals surface area (Å²) in [5.41, 5.74) is 1.09. The second-order valence-electron chi connectivity index (χ2n) is 2.92. The molecule has 1 unspecified atom stereocenters. The Morgan fingerprint density at radius 2 is 1.71 bits per heavy atom. The number of anilines is 1. The van der Waals surface area contributed by atoms with Crippen molar-refractivity contribution in [2.45, 2.75) is 18.7 Å². The summed E-state index contributed by atoms with van der Waals surface area (Å²) in [6.07, 6.45) is 0. The van der Waals surface area contributed by atoms with Gasteiger partial charge in [-0.05, 0) is 38.1 Å². The largest absolute Gasteiger partial charge is 0.372 e. The second-order valence-corrected chi connectivity index (χ2v) is 3.89. The van der Waals surface area contributed by atoms with Crippen molar-refractivity contribution < 1.29 is 8.76 Å². The fourth-order valence-corrected chi connectivity index (χ4v) is 1.73. The van der Waals surface area contributed by atoms with E-state index in [1.807, 2.05) is 12.1 Å². The van der Waals surface area contributed by atoms with Gasteiger partial charge < -0.3 is 9.45 Å². The molecule has 0 amide bonds. The molecule has 0 radical (unpaired) electrons. The van der Waals surface area contributed by atoms with Gasteiger partial charge in [-0.25, -0.2) is 4.21 Å². The third-order valence-electron chi connectivity index (χ3n) is 2.17. The molecule has 0 saturated heterocycles. The predicted octanol–water partition coefficient (Wildman–Crippen LogP) is 2.11. The van der Waals surface area contributed by atoms with Crippen LogP contribution in [0.25, 0.3) is 0 Å². The molecule has 0 aliphatic carbocycles. The zero-order chi connectivity index (χ0) is 10.6. The summed E-state index contributed by atoms with van der Waals surface area (Å²) in [5.74, 6) is 0. The first-order chi connectivity index (χ1) is 6.69. The molecule has 0 heterocycles. The van der Waals surface area contributed by atoms with E-state index in [0.717, 1.165) is 18.8 Å². The van der Waals surface area contributed by atoms with E-state index in [0.29, 0.717) is 4.90 Å². The monoisotopic (exact) mass is 213 g/mol. The van der Waals surface area contributed by atoms with Crippen molar-refractivity contribution in [3.05, 3.63) is 24.3 Å². The second kappa shape index (κ2) is 5.12. The summed E-state index contributed by atoms with van der Waals surface area (Å²) in [6.45, 7) is 6.05. The van der Waals surface area contributed by atoms with Gasteiger partial charge in [0.15, 0.2) is 11.1 Å². The lowest BCUT2D eigenvalue weighted by atomic mass is 10.3. The molecular weight excluding hydrogens is 198 g/mol. The van der Waals surface area contributed by atoms with Gasteiger partial charge in [0.2, 0.25) is 0 Å². The van der Waals surface area contributed by atoms with E-state index in [4.69, 9.17) is 4.55 Å². The maximum atomic E-state index is 10.7. The van der Waals surface area contributed by atoms with Crippen molar-refractivity contribution >= 4 is 16.8 Å². The summed E-state index contributed by atoms with van der Waals surface area (Å²) in [5, 5.41) is 0. The van der Waals surface area contributed by atoms with Crippen molar-refractivity contribution in [1.29, 1.82) is 0 Å². The van der Waals surface area contributed by atoms with Crippen LogP contribution in [-0.2, 0) is 11.1 Å². The van der Waals surface area contributed by atoms with Crippen LogP contribution in [0.15, 0.2) is 29.2 Å². The van der Waals surface area contributed by atoms with E-state index in [9.17, 15) is 4.21 Å². The third-order valence-corrected chi connectivity index (χ3v) is 2.84. The lowest BCUT2D eigenvalue weighted by molar-refractivity contribution is 0.564. The van der Waals surface area contributed by atoms with Gasteiger partial charge in [-0.3, -0.25) is 0 Å². The molecule has 1 aromatic rings. The normalized spacial score (nSPS) is 12.5. The molecule has 3 nitrogen and oxygen atoms in total. The van der Waals surface area contributed by atoms with Gasteiger partial charge in [0.25, 0.3) is 0 Å². The minimum absolute atomic E-state index is 0.445. The fraction of sp³-hybridized carbons (Fsp3) is 0.400. The number of hydrogen-bond acceptors (Lipinski definition) is 2. The fourth-order valence-electron chi connectivity index (χ4n) is 1.36. The van der Waals surface area contributed by atoms with Crippen molar-refractivity contribution in [3.8, 4) is 0 Å². The van der Waals surface area contributed by atoms with Crippen LogP contribution < -0.4 is 4.90 Å². The lowest BCUT2D eigenvalue weighted by Crippen LogP contribution is -2.21. The molecule has 1 rings (SSSR count). The first-order valence-corrected chi connectivity index (χ1v) is 5.75. The number of nitrogens with zero attached hydrogens (tertiary/aromatic N) is 1. The van der Waals surface area contributed by atoms with E-state index in [1.54, 1.807) is 12.1 Å². The van der Waals surface area contributed by atoms with Crippen molar-refractivity contribution in [2.75, 3.05) is 18.0 Å². The summed E-state index contributed by atoms with van der Waals surface area (Å²) in [7, 11) is 0. The van der Waals surface area contributed by atoms with Crippen LogP contribution in [-0.4, -0.2) is 21.9 Å². The van der Waals surface area contributed by atoms with Crippen molar-refractivity contribution in [1.82, 2.24) is 0 Å². The van der Waals surface area contributed by atoms with Crippen LogP contribution in [0.1, 0.15) is 13.8 Å². The maximum Gasteiger partial charge on any atom is 0.186 e. The van der Waals surface area contributed by atoms with E-state index in [-0.39, 0.29) is 0 Å². The molecule has 0 aliphatic rings. The summed E-state index contributed by atoms with van der Waals surface area (Å²) >= 11 is -1.87. The van der Waals surface area contributed by atoms with Crippen LogP contribution in [0.5, 0.6) is 0 Å². The molecule has 0 aromatic heterocycles. The molecule has 14 heavy (non-hydrogen) atoms. The van der Waals surface area contributed by atoms with Gasteiger partial charge in [-0.2, -0.15) is 0 Å². The molecule has 78 valence electrons. The summed E-state index contributed by atoms with van der Waals surface area (Å²) in [4.78, 5) is 2.63. The van der Waals surface area contributed by atoms with Crippen LogP contribution >= 0.6 is 0 Å². The first kappa shape index (κ1) is 11.2. The van der Waals surface area contributed by atoms with Gasteiger partial charge in [0.1, 0.15) is 0 Å². The van der Waals surface area contributed by atoms with E-state index < -0.39 is 11.1 Å². The Hall–Kier alpha value is -0.870. The minimum Gasteiger partial charge on any atom is -0.372 e. The standard InChI is InChI=1S/C10H15NO2S/c1-3-11(4-2)9-5-7-10(8-6-9)14(12)13/h5-8H,3-4H2,1-2H3,(H,12,13). The van der Waals surface area contributed by atoms with Crippen LogP contribution in [0.2, 0.25) is 0 Å². The molecule has 0 aliphatic heterocycles. The molecule has 0 saturated carbocycles. The summed E-state index contributed by atoms with van der Waals surface area (Å²) in [6, 6.07) is 7.11. The zero-order valence-corrected chi connectivity index (χ0v) is 9.25. The van der Waals surface area contributed by atoms with Crippen molar-refractivity contribution in [3.63, 3.8) is 0 Å². The van der Waals surface area contributed by atoms with Crippen LogP contribution in [0.3, 0.4) is 0 Å². The van der Waals surface area contributed by atoms with Gasteiger partial charge >= 0.3 is 0 Å². The minimum atomic E-state index is -1.87. The Kier molecular flexibility index (Phi) is 4.10. The van der Waals surface area contributed by atoms with E-state index in [1.165, 1.54) is 0 Å². The molecule has 1 N–H and O–H groups in total. The van der Waals surface area contributed by atoms with Gasteiger partial charge in [0, 0.05) is 18.8 Å². The Morgan fingerprint density at radius 1 is 1.21 bits per heavy atom. The first-order valence-electron chi connectivity index (χ1n) is 4.65. The third kappa shape index (κ3) is 2.56. The summed E-state index contributed by atoms with van der Waals surface area (Å²) < 4.78 is 19.5. The Morgan fingerprint density at radius 3 is 2.07 bits per heavy atom. The molecule has 1 aromatic carbocycles. The number of hydrogen-bond donors (Lipinski definition) is 1. The average molecular weight is 213 g/mol. The maximum absolute atomic E-state index is 10.7. The van der Waals surface area contributed by atoms with Gasteiger partial charge in [-0.15, -0.1) is 0 Å².